The number of nitro benzene ring substituents is 1. The lowest BCUT2D eigenvalue weighted by Gasteiger charge is -2.12. The minimum atomic E-state index is -0.454. The molecule has 0 aliphatic carbocycles. The molecule has 86 valence electrons. The van der Waals surface area contributed by atoms with Crippen LogP contribution in [-0.2, 0) is 4.79 Å². The van der Waals surface area contributed by atoms with Crippen molar-refractivity contribution in [3.63, 3.8) is 0 Å². The summed E-state index contributed by atoms with van der Waals surface area (Å²) in [5, 5.41) is 13.0. The number of rotatable bonds is 4. The predicted molar refractivity (Wildman–Crippen MR) is 60.2 cm³/mol. The van der Waals surface area contributed by atoms with Crippen LogP contribution < -0.4 is 5.32 Å². The Morgan fingerprint density at radius 2 is 2.00 bits per heavy atom. The van der Waals surface area contributed by atoms with E-state index in [9.17, 15) is 14.9 Å². The topological polar surface area (TPSA) is 72.2 Å². The van der Waals surface area contributed by atoms with Crippen LogP contribution in [0.2, 0.25) is 0 Å². The van der Waals surface area contributed by atoms with Crippen LogP contribution in [0.1, 0.15) is 24.8 Å². The molecule has 1 unspecified atom stereocenters. The van der Waals surface area contributed by atoms with Gasteiger partial charge in [0.05, 0.1) is 10.8 Å². The maximum atomic E-state index is 11.5. The molecule has 0 saturated carbocycles. The van der Waals surface area contributed by atoms with Crippen LogP contribution in [0.25, 0.3) is 0 Å². The summed E-state index contributed by atoms with van der Waals surface area (Å²) in [7, 11) is 1.58. The van der Waals surface area contributed by atoms with Gasteiger partial charge in [0.1, 0.15) is 0 Å². The van der Waals surface area contributed by atoms with E-state index in [1.807, 2.05) is 6.92 Å². The van der Waals surface area contributed by atoms with Gasteiger partial charge in [-0.25, -0.2) is 0 Å². The summed E-state index contributed by atoms with van der Waals surface area (Å²) in [6.07, 6.45) is 0.664. The van der Waals surface area contributed by atoms with E-state index in [1.54, 1.807) is 19.2 Å². The van der Waals surface area contributed by atoms with E-state index in [2.05, 4.69) is 5.32 Å². The van der Waals surface area contributed by atoms with Gasteiger partial charge >= 0.3 is 0 Å². The van der Waals surface area contributed by atoms with Crippen molar-refractivity contribution in [1.82, 2.24) is 5.32 Å². The minimum Gasteiger partial charge on any atom is -0.359 e. The van der Waals surface area contributed by atoms with E-state index in [-0.39, 0.29) is 17.5 Å². The molecule has 0 heterocycles. The summed E-state index contributed by atoms with van der Waals surface area (Å²) >= 11 is 0. The molecule has 0 bridgehead atoms. The van der Waals surface area contributed by atoms with Gasteiger partial charge in [0.2, 0.25) is 5.91 Å². The van der Waals surface area contributed by atoms with Crippen molar-refractivity contribution in [1.29, 1.82) is 0 Å². The number of nitrogens with zero attached hydrogens (tertiary/aromatic N) is 1. The number of hydrogen-bond acceptors (Lipinski definition) is 3. The molecule has 0 spiro atoms. The van der Waals surface area contributed by atoms with Crippen LogP contribution in [0.5, 0.6) is 0 Å². The highest BCUT2D eigenvalue weighted by atomic mass is 16.6. The SMILES string of the molecule is CCC(C(=O)NC)c1ccc([N+](=O)[O-])cc1. The zero-order valence-electron chi connectivity index (χ0n) is 9.27. The van der Waals surface area contributed by atoms with Gasteiger partial charge in [-0.15, -0.1) is 0 Å². The van der Waals surface area contributed by atoms with Crippen molar-refractivity contribution in [3.05, 3.63) is 39.9 Å². The fourth-order valence-corrected chi connectivity index (χ4v) is 1.58. The van der Waals surface area contributed by atoms with E-state index >= 15 is 0 Å². The lowest BCUT2D eigenvalue weighted by Crippen LogP contribution is -2.25. The van der Waals surface area contributed by atoms with Gasteiger partial charge in [0.15, 0.2) is 0 Å². The summed E-state index contributed by atoms with van der Waals surface area (Å²) in [6, 6.07) is 6.09. The van der Waals surface area contributed by atoms with Crippen LogP contribution in [0.4, 0.5) is 5.69 Å². The quantitative estimate of drug-likeness (QED) is 0.624. The molecule has 5 nitrogen and oxygen atoms in total. The first kappa shape index (κ1) is 12.2. The molecule has 1 rings (SSSR count). The normalized spacial score (nSPS) is 11.9. The van der Waals surface area contributed by atoms with Crippen molar-refractivity contribution >= 4 is 11.6 Å². The highest BCUT2D eigenvalue weighted by Crippen LogP contribution is 2.22. The van der Waals surface area contributed by atoms with Crippen molar-refractivity contribution in [3.8, 4) is 0 Å². The molecule has 16 heavy (non-hydrogen) atoms. The molecule has 1 amide bonds. The van der Waals surface area contributed by atoms with Crippen molar-refractivity contribution in [2.45, 2.75) is 19.3 Å². The second-order valence-electron chi connectivity index (χ2n) is 3.42. The number of nitrogens with one attached hydrogen (secondary N) is 1. The fraction of sp³-hybridized carbons (Fsp3) is 0.364. The maximum Gasteiger partial charge on any atom is 0.269 e. The van der Waals surface area contributed by atoms with Crippen LogP contribution in [0.3, 0.4) is 0 Å². The van der Waals surface area contributed by atoms with Crippen molar-refractivity contribution in [2.75, 3.05) is 7.05 Å². The lowest BCUT2D eigenvalue weighted by atomic mass is 9.95. The summed E-state index contributed by atoms with van der Waals surface area (Å²) in [5.74, 6) is -0.317. The van der Waals surface area contributed by atoms with Gasteiger partial charge in [-0.3, -0.25) is 14.9 Å². The standard InChI is InChI=1S/C11H14N2O3/c1-3-10(11(14)12-2)8-4-6-9(7-5-8)13(15)16/h4-7,10H,3H2,1-2H3,(H,12,14). The van der Waals surface area contributed by atoms with E-state index in [0.29, 0.717) is 6.42 Å². The van der Waals surface area contributed by atoms with Crippen LogP contribution in [0.15, 0.2) is 24.3 Å². The number of nitro groups is 1. The van der Waals surface area contributed by atoms with Gasteiger partial charge in [0.25, 0.3) is 5.69 Å². The Morgan fingerprint density at radius 1 is 1.44 bits per heavy atom. The Morgan fingerprint density at radius 3 is 2.38 bits per heavy atom. The zero-order chi connectivity index (χ0) is 12.1. The van der Waals surface area contributed by atoms with E-state index in [1.165, 1.54) is 12.1 Å². The highest BCUT2D eigenvalue weighted by molar-refractivity contribution is 5.83. The second kappa shape index (κ2) is 5.25. The van der Waals surface area contributed by atoms with Crippen molar-refractivity contribution < 1.29 is 9.72 Å². The zero-order valence-corrected chi connectivity index (χ0v) is 9.27. The highest BCUT2D eigenvalue weighted by Gasteiger charge is 2.17. The monoisotopic (exact) mass is 222 g/mol. The Labute approximate surface area is 93.6 Å². The minimum absolute atomic E-state index is 0.0375. The summed E-state index contributed by atoms with van der Waals surface area (Å²) < 4.78 is 0. The van der Waals surface area contributed by atoms with Crippen molar-refractivity contribution in [2.24, 2.45) is 0 Å². The number of carbonyl (C=O) groups excluding carboxylic acids is 1. The summed E-state index contributed by atoms with van der Waals surface area (Å²) in [4.78, 5) is 21.5. The third-order valence-electron chi connectivity index (χ3n) is 2.48. The van der Waals surface area contributed by atoms with Gasteiger partial charge in [-0.05, 0) is 12.0 Å². The number of likely N-dealkylation sites (N-methyl/N-ethyl adjacent to an activating group) is 1. The average molecular weight is 222 g/mol. The maximum absolute atomic E-state index is 11.5. The Balaban J connectivity index is 2.95. The molecule has 0 aromatic heterocycles. The number of carbonyl (C=O) groups is 1. The molecule has 0 fully saturated rings. The number of hydrogen-bond donors (Lipinski definition) is 1. The van der Waals surface area contributed by atoms with E-state index in [4.69, 9.17) is 0 Å². The Bertz CT molecular complexity index is 387. The molecular weight excluding hydrogens is 208 g/mol. The number of non-ortho nitro benzene ring substituents is 1. The largest absolute Gasteiger partial charge is 0.359 e. The molecule has 0 radical (unpaired) electrons. The molecule has 0 aliphatic rings. The molecule has 1 N–H and O–H groups in total. The van der Waals surface area contributed by atoms with E-state index < -0.39 is 4.92 Å². The third-order valence-corrected chi connectivity index (χ3v) is 2.48. The smallest absolute Gasteiger partial charge is 0.269 e. The number of amides is 1. The molecule has 1 atom stereocenters. The molecule has 1 aromatic carbocycles. The first-order chi connectivity index (χ1) is 7.60. The van der Waals surface area contributed by atoms with Crippen LogP contribution in [0, 0.1) is 10.1 Å². The van der Waals surface area contributed by atoms with Gasteiger partial charge in [-0.2, -0.15) is 0 Å². The van der Waals surface area contributed by atoms with E-state index in [0.717, 1.165) is 5.56 Å². The molecule has 0 aliphatic heterocycles. The first-order valence-corrected chi connectivity index (χ1v) is 5.06. The molecule has 0 saturated heterocycles. The van der Waals surface area contributed by atoms with Gasteiger partial charge in [0, 0.05) is 19.2 Å². The summed E-state index contributed by atoms with van der Waals surface area (Å²) in [6.45, 7) is 1.90. The van der Waals surface area contributed by atoms with Crippen LogP contribution in [-0.4, -0.2) is 17.9 Å². The summed E-state index contributed by atoms with van der Waals surface area (Å²) in [5.41, 5.74) is 0.836. The Hall–Kier alpha value is -1.91. The number of benzene rings is 1. The molecular formula is C11H14N2O3. The predicted octanol–water partition coefficient (Wildman–Crippen LogP) is 1.83. The molecule has 1 aromatic rings. The second-order valence-corrected chi connectivity index (χ2v) is 3.42. The third kappa shape index (κ3) is 2.56. The fourth-order valence-electron chi connectivity index (χ4n) is 1.58. The first-order valence-electron chi connectivity index (χ1n) is 5.06. The Kier molecular flexibility index (Phi) is 3.99. The van der Waals surface area contributed by atoms with Crippen LogP contribution >= 0.6 is 0 Å². The van der Waals surface area contributed by atoms with Gasteiger partial charge < -0.3 is 5.32 Å². The lowest BCUT2D eigenvalue weighted by molar-refractivity contribution is -0.384. The van der Waals surface area contributed by atoms with Gasteiger partial charge in [-0.1, -0.05) is 19.1 Å². The average Bonchev–Trinajstić information content (AvgIpc) is 2.30. The molecule has 5 heteroatoms.